The van der Waals surface area contributed by atoms with Crippen molar-refractivity contribution in [3.8, 4) is 11.1 Å². The molecule has 29 heavy (non-hydrogen) atoms. The van der Waals surface area contributed by atoms with E-state index in [-0.39, 0.29) is 0 Å². The number of hydrogen-bond acceptors (Lipinski definition) is 0. The van der Waals surface area contributed by atoms with Gasteiger partial charge < -0.3 is 0 Å². The van der Waals surface area contributed by atoms with Crippen LogP contribution in [0.1, 0.15) is 11.1 Å². The fourth-order valence-corrected chi connectivity index (χ4v) is 4.07. The predicted molar refractivity (Wildman–Crippen MR) is 116 cm³/mol. The Labute approximate surface area is 168 Å². The zero-order valence-electron chi connectivity index (χ0n) is 15.7. The second-order valence-corrected chi connectivity index (χ2v) is 7.30. The number of fused-ring (bicyclic) bond motifs is 2. The van der Waals surface area contributed by atoms with Crippen molar-refractivity contribution in [1.29, 1.82) is 0 Å². The van der Waals surface area contributed by atoms with Crippen LogP contribution in [0.3, 0.4) is 0 Å². The summed E-state index contributed by atoms with van der Waals surface area (Å²) in [6.45, 7) is 0. The Morgan fingerprint density at radius 3 is 2.03 bits per heavy atom. The van der Waals surface area contributed by atoms with Gasteiger partial charge in [-0.3, -0.25) is 0 Å². The number of hydrogen-bond donors (Lipinski definition) is 0. The average Bonchev–Trinajstić information content (AvgIpc) is 2.74. The number of rotatable bonds is 3. The average molecular weight is 380 g/mol. The highest BCUT2D eigenvalue weighted by Crippen LogP contribution is 2.32. The summed E-state index contributed by atoms with van der Waals surface area (Å²) in [7, 11) is 0. The lowest BCUT2D eigenvalue weighted by Crippen LogP contribution is -1.94. The van der Waals surface area contributed by atoms with Crippen LogP contribution in [-0.2, 0) is 6.42 Å². The lowest BCUT2D eigenvalue weighted by atomic mass is 9.91. The zero-order chi connectivity index (χ0) is 19.8. The summed E-state index contributed by atoms with van der Waals surface area (Å²) in [5.74, 6) is -1.11. The maximum atomic E-state index is 14.5. The first-order valence-electron chi connectivity index (χ1n) is 9.63. The van der Waals surface area contributed by atoms with Crippen molar-refractivity contribution in [3.05, 3.63) is 120 Å². The van der Waals surface area contributed by atoms with E-state index in [9.17, 15) is 8.78 Å². The molecule has 0 aliphatic carbocycles. The molecule has 5 rings (SSSR count). The van der Waals surface area contributed by atoms with Crippen molar-refractivity contribution in [2.24, 2.45) is 0 Å². The normalized spacial score (nSPS) is 11.2. The van der Waals surface area contributed by atoms with Crippen LogP contribution in [0.15, 0.2) is 97.1 Å². The van der Waals surface area contributed by atoms with Gasteiger partial charge in [0.05, 0.1) is 0 Å². The van der Waals surface area contributed by atoms with E-state index in [0.717, 1.165) is 34.4 Å². The second-order valence-electron chi connectivity index (χ2n) is 7.30. The van der Waals surface area contributed by atoms with Crippen LogP contribution in [0.5, 0.6) is 0 Å². The molecule has 140 valence electrons. The largest absolute Gasteiger partial charge is 0.207 e. The molecule has 0 aromatic heterocycles. The summed E-state index contributed by atoms with van der Waals surface area (Å²) in [5.41, 5.74) is 3.52. The molecule has 0 radical (unpaired) electrons. The van der Waals surface area contributed by atoms with Crippen LogP contribution < -0.4 is 0 Å². The van der Waals surface area contributed by atoms with Crippen LogP contribution in [0.25, 0.3) is 32.7 Å². The van der Waals surface area contributed by atoms with E-state index >= 15 is 0 Å². The predicted octanol–water partition coefficient (Wildman–Crippen LogP) is 7.53. The summed E-state index contributed by atoms with van der Waals surface area (Å²) >= 11 is 0. The van der Waals surface area contributed by atoms with Crippen molar-refractivity contribution < 1.29 is 8.78 Å². The van der Waals surface area contributed by atoms with E-state index in [2.05, 4.69) is 36.4 Å². The topological polar surface area (TPSA) is 0 Å². The zero-order valence-corrected chi connectivity index (χ0v) is 15.7. The maximum Gasteiger partial charge on any atom is 0.133 e. The summed E-state index contributed by atoms with van der Waals surface area (Å²) < 4.78 is 27.9. The van der Waals surface area contributed by atoms with Crippen LogP contribution in [-0.4, -0.2) is 0 Å². The van der Waals surface area contributed by atoms with E-state index < -0.39 is 11.6 Å². The van der Waals surface area contributed by atoms with Gasteiger partial charge in [0.2, 0.25) is 0 Å². The molecule has 0 unspecified atom stereocenters. The van der Waals surface area contributed by atoms with Crippen molar-refractivity contribution >= 4 is 21.5 Å². The van der Waals surface area contributed by atoms with Crippen LogP contribution in [0.2, 0.25) is 0 Å². The van der Waals surface area contributed by atoms with Crippen LogP contribution in [0, 0.1) is 11.6 Å². The highest BCUT2D eigenvalue weighted by atomic mass is 19.1. The molecule has 0 atom stereocenters. The molecular formula is C27H18F2. The van der Waals surface area contributed by atoms with E-state index in [1.165, 1.54) is 28.5 Å². The third-order valence-electron chi connectivity index (χ3n) is 5.45. The molecule has 0 aliphatic rings. The molecule has 5 aromatic rings. The first-order valence-corrected chi connectivity index (χ1v) is 9.63. The SMILES string of the molecule is Fc1ccc(-c2cc(Cc3cccc4ccccc34)c3ccccc3c2)c(F)c1. The molecule has 0 saturated carbocycles. The Bertz CT molecular complexity index is 1350. The van der Waals surface area contributed by atoms with Crippen LogP contribution in [0.4, 0.5) is 8.78 Å². The first-order chi connectivity index (χ1) is 14.2. The van der Waals surface area contributed by atoms with Gasteiger partial charge in [-0.15, -0.1) is 0 Å². The van der Waals surface area contributed by atoms with Crippen LogP contribution >= 0.6 is 0 Å². The molecule has 0 nitrogen and oxygen atoms in total. The monoisotopic (exact) mass is 380 g/mol. The van der Waals surface area contributed by atoms with Gasteiger partial charge in [-0.25, -0.2) is 8.78 Å². The van der Waals surface area contributed by atoms with Gasteiger partial charge in [-0.2, -0.15) is 0 Å². The van der Waals surface area contributed by atoms with Crippen molar-refractivity contribution in [2.75, 3.05) is 0 Å². The molecule has 5 aromatic carbocycles. The maximum absolute atomic E-state index is 14.5. The van der Waals surface area contributed by atoms with Crippen molar-refractivity contribution in [1.82, 2.24) is 0 Å². The molecule has 2 heteroatoms. The lowest BCUT2D eigenvalue weighted by molar-refractivity contribution is 0.585. The molecule has 0 amide bonds. The first kappa shape index (κ1) is 17.6. The minimum Gasteiger partial charge on any atom is -0.207 e. The number of halogens is 2. The third-order valence-corrected chi connectivity index (χ3v) is 5.45. The number of benzene rings is 5. The fraction of sp³-hybridized carbons (Fsp3) is 0.0370. The Balaban J connectivity index is 1.70. The smallest absolute Gasteiger partial charge is 0.133 e. The summed E-state index contributed by atoms with van der Waals surface area (Å²) in [4.78, 5) is 0. The summed E-state index contributed by atoms with van der Waals surface area (Å²) in [5, 5.41) is 4.61. The molecular weight excluding hydrogens is 362 g/mol. The van der Waals surface area contributed by atoms with Gasteiger partial charge in [0.1, 0.15) is 11.6 Å². The van der Waals surface area contributed by atoms with Crippen molar-refractivity contribution in [3.63, 3.8) is 0 Å². The van der Waals surface area contributed by atoms with Gasteiger partial charge in [0.25, 0.3) is 0 Å². The Hall–Kier alpha value is -3.52. The minimum atomic E-state index is -0.567. The van der Waals surface area contributed by atoms with E-state index in [1.54, 1.807) is 0 Å². The summed E-state index contributed by atoms with van der Waals surface area (Å²) in [6.07, 6.45) is 0.735. The minimum absolute atomic E-state index is 0.413. The highest BCUT2D eigenvalue weighted by Gasteiger charge is 2.12. The van der Waals surface area contributed by atoms with Crippen molar-refractivity contribution in [2.45, 2.75) is 6.42 Å². The highest BCUT2D eigenvalue weighted by molar-refractivity contribution is 5.92. The van der Waals surface area contributed by atoms with Gasteiger partial charge in [-0.1, -0.05) is 72.8 Å². The molecule has 0 spiro atoms. The molecule has 0 fully saturated rings. The van der Waals surface area contributed by atoms with Gasteiger partial charge in [0, 0.05) is 11.6 Å². The van der Waals surface area contributed by atoms with E-state index in [1.807, 2.05) is 42.5 Å². The molecule has 0 bridgehead atoms. The van der Waals surface area contributed by atoms with E-state index in [4.69, 9.17) is 0 Å². The standard InChI is InChI=1S/C27H18F2/c28-23-12-13-26(27(29)17-23)22-15-19-7-2-4-11-25(19)21(16-22)14-20-9-5-8-18-6-1-3-10-24(18)20/h1-13,15-17H,14H2. The molecule has 0 N–H and O–H groups in total. The molecule has 0 saturated heterocycles. The second kappa shape index (κ2) is 7.14. The summed E-state index contributed by atoms with van der Waals surface area (Å²) in [6, 6.07) is 30.6. The lowest BCUT2D eigenvalue weighted by Gasteiger charge is -2.13. The van der Waals surface area contributed by atoms with Gasteiger partial charge in [0.15, 0.2) is 0 Å². The quantitative estimate of drug-likeness (QED) is 0.303. The third kappa shape index (κ3) is 3.27. The van der Waals surface area contributed by atoms with Gasteiger partial charge in [-0.05, 0) is 62.9 Å². The van der Waals surface area contributed by atoms with E-state index in [0.29, 0.717) is 5.56 Å². The Morgan fingerprint density at radius 2 is 1.24 bits per heavy atom. The molecule has 0 heterocycles. The Morgan fingerprint density at radius 1 is 0.552 bits per heavy atom. The van der Waals surface area contributed by atoms with Gasteiger partial charge >= 0.3 is 0 Å². The Kier molecular flexibility index (Phi) is 4.33. The fourth-order valence-electron chi connectivity index (χ4n) is 4.07. The molecule has 0 aliphatic heterocycles.